The largest absolute Gasteiger partial charge is 0.454 e. The SMILES string of the molecule is Cc1ccc(C)c(Oc2ccc(C(=N)N)c(Br)c2F)c1C. The molecule has 2 aromatic rings. The molecule has 3 nitrogen and oxygen atoms in total. The van der Waals surface area contributed by atoms with Gasteiger partial charge in [-0.15, -0.1) is 0 Å². The number of hydrogen-bond acceptors (Lipinski definition) is 2. The summed E-state index contributed by atoms with van der Waals surface area (Å²) in [6, 6.07) is 6.99. The highest BCUT2D eigenvalue weighted by atomic mass is 79.9. The lowest BCUT2D eigenvalue weighted by molar-refractivity contribution is 0.434. The van der Waals surface area contributed by atoms with Crippen molar-refractivity contribution in [3.63, 3.8) is 0 Å². The minimum absolute atomic E-state index is 0.101. The van der Waals surface area contributed by atoms with E-state index in [9.17, 15) is 4.39 Å². The summed E-state index contributed by atoms with van der Waals surface area (Å²) in [6.07, 6.45) is 0. The first kappa shape index (κ1) is 15.5. The second kappa shape index (κ2) is 5.85. The molecule has 0 aliphatic heterocycles. The normalized spacial score (nSPS) is 10.5. The van der Waals surface area contributed by atoms with Crippen molar-refractivity contribution in [3.05, 3.63) is 56.8 Å². The van der Waals surface area contributed by atoms with Crippen molar-refractivity contribution >= 4 is 21.8 Å². The van der Waals surface area contributed by atoms with Gasteiger partial charge in [0.1, 0.15) is 11.6 Å². The summed E-state index contributed by atoms with van der Waals surface area (Å²) < 4.78 is 20.2. The monoisotopic (exact) mass is 350 g/mol. The summed E-state index contributed by atoms with van der Waals surface area (Å²) >= 11 is 3.12. The topological polar surface area (TPSA) is 59.1 Å². The summed E-state index contributed by atoms with van der Waals surface area (Å²) in [7, 11) is 0. The summed E-state index contributed by atoms with van der Waals surface area (Å²) in [5, 5.41) is 7.40. The van der Waals surface area contributed by atoms with Crippen molar-refractivity contribution in [1.29, 1.82) is 5.41 Å². The number of amidine groups is 1. The van der Waals surface area contributed by atoms with Crippen LogP contribution in [0.4, 0.5) is 4.39 Å². The molecule has 0 amide bonds. The van der Waals surface area contributed by atoms with Crippen LogP contribution in [-0.4, -0.2) is 5.84 Å². The molecule has 3 N–H and O–H groups in total. The van der Waals surface area contributed by atoms with E-state index in [1.807, 2.05) is 32.9 Å². The fourth-order valence-electron chi connectivity index (χ4n) is 2.01. The van der Waals surface area contributed by atoms with Crippen molar-refractivity contribution < 1.29 is 9.13 Å². The molecule has 0 heterocycles. The summed E-state index contributed by atoms with van der Waals surface area (Å²) in [5.74, 6) is -0.0155. The molecule has 0 aromatic heterocycles. The number of hydrogen-bond donors (Lipinski definition) is 2. The van der Waals surface area contributed by atoms with Crippen molar-refractivity contribution in [2.24, 2.45) is 5.73 Å². The predicted octanol–water partition coefficient (Wildman–Crippen LogP) is 4.59. The third kappa shape index (κ3) is 2.93. The molecule has 0 saturated heterocycles. The molecule has 0 aliphatic rings. The zero-order chi connectivity index (χ0) is 15.7. The van der Waals surface area contributed by atoms with Gasteiger partial charge in [-0.2, -0.15) is 0 Å². The van der Waals surface area contributed by atoms with Crippen LogP contribution in [0.2, 0.25) is 0 Å². The molecule has 5 heteroatoms. The van der Waals surface area contributed by atoms with Crippen LogP contribution in [0, 0.1) is 32.0 Å². The quantitative estimate of drug-likeness (QED) is 0.628. The first-order chi connectivity index (χ1) is 9.82. The van der Waals surface area contributed by atoms with E-state index in [1.165, 1.54) is 6.07 Å². The van der Waals surface area contributed by atoms with E-state index >= 15 is 0 Å². The van der Waals surface area contributed by atoms with Crippen molar-refractivity contribution in [1.82, 2.24) is 0 Å². The predicted molar refractivity (Wildman–Crippen MR) is 85.8 cm³/mol. The maximum Gasteiger partial charge on any atom is 0.180 e. The Kier molecular flexibility index (Phi) is 4.32. The minimum Gasteiger partial charge on any atom is -0.454 e. The molecule has 0 atom stereocenters. The van der Waals surface area contributed by atoms with Crippen LogP contribution in [0.1, 0.15) is 22.3 Å². The Labute approximate surface area is 131 Å². The molecule has 2 rings (SSSR count). The smallest absolute Gasteiger partial charge is 0.180 e. The van der Waals surface area contributed by atoms with Crippen LogP contribution in [0.25, 0.3) is 0 Å². The van der Waals surface area contributed by atoms with Crippen molar-refractivity contribution in [2.45, 2.75) is 20.8 Å². The zero-order valence-electron chi connectivity index (χ0n) is 12.1. The lowest BCUT2D eigenvalue weighted by Crippen LogP contribution is -2.12. The van der Waals surface area contributed by atoms with Gasteiger partial charge in [0, 0.05) is 5.56 Å². The Morgan fingerprint density at radius 2 is 1.76 bits per heavy atom. The van der Waals surface area contributed by atoms with Gasteiger partial charge in [-0.1, -0.05) is 12.1 Å². The maximum atomic E-state index is 14.3. The fourth-order valence-corrected chi connectivity index (χ4v) is 2.55. The number of halogens is 2. The number of aryl methyl sites for hydroxylation is 2. The molecule has 2 aromatic carbocycles. The van der Waals surface area contributed by atoms with Crippen LogP contribution in [0.5, 0.6) is 11.5 Å². The van der Waals surface area contributed by atoms with Gasteiger partial charge in [0.15, 0.2) is 11.6 Å². The Balaban J connectivity index is 2.49. The molecule has 110 valence electrons. The van der Waals surface area contributed by atoms with E-state index in [1.54, 1.807) is 6.07 Å². The van der Waals surface area contributed by atoms with E-state index in [4.69, 9.17) is 15.9 Å². The van der Waals surface area contributed by atoms with Crippen LogP contribution in [0.15, 0.2) is 28.7 Å². The first-order valence-corrected chi connectivity index (χ1v) is 7.19. The van der Waals surface area contributed by atoms with Gasteiger partial charge in [-0.25, -0.2) is 4.39 Å². The van der Waals surface area contributed by atoms with E-state index in [0.717, 1.165) is 16.7 Å². The van der Waals surface area contributed by atoms with Gasteiger partial charge in [0.25, 0.3) is 0 Å². The molecule has 0 radical (unpaired) electrons. The standard InChI is InChI=1S/C16H16BrFN2O/c1-8-4-5-9(2)15(10(8)3)21-12-7-6-11(16(19)20)13(17)14(12)18/h4-7H,1-3H3,(H3,19,20). The molecule has 0 fully saturated rings. The van der Waals surface area contributed by atoms with Gasteiger partial charge < -0.3 is 10.5 Å². The van der Waals surface area contributed by atoms with Gasteiger partial charge >= 0.3 is 0 Å². The zero-order valence-corrected chi connectivity index (χ0v) is 13.6. The molecular formula is C16H16BrFN2O. The highest BCUT2D eigenvalue weighted by Gasteiger charge is 2.16. The van der Waals surface area contributed by atoms with E-state index in [2.05, 4.69) is 15.9 Å². The number of rotatable bonds is 3. The van der Waals surface area contributed by atoms with Gasteiger partial charge in [-0.3, -0.25) is 5.41 Å². The first-order valence-electron chi connectivity index (χ1n) is 6.40. The Bertz CT molecular complexity index is 729. The molecular weight excluding hydrogens is 335 g/mol. The van der Waals surface area contributed by atoms with E-state index in [0.29, 0.717) is 11.3 Å². The van der Waals surface area contributed by atoms with Crippen LogP contribution in [0.3, 0.4) is 0 Å². The average Bonchev–Trinajstić information content (AvgIpc) is 2.43. The Morgan fingerprint density at radius 1 is 1.14 bits per heavy atom. The molecule has 21 heavy (non-hydrogen) atoms. The third-order valence-electron chi connectivity index (χ3n) is 3.42. The lowest BCUT2D eigenvalue weighted by atomic mass is 10.1. The molecule has 0 aliphatic carbocycles. The number of benzene rings is 2. The summed E-state index contributed by atoms with van der Waals surface area (Å²) in [6.45, 7) is 5.83. The van der Waals surface area contributed by atoms with Gasteiger partial charge in [0.2, 0.25) is 0 Å². The summed E-state index contributed by atoms with van der Waals surface area (Å²) in [4.78, 5) is 0. The number of nitrogens with one attached hydrogen (secondary N) is 1. The number of ether oxygens (including phenoxy) is 1. The summed E-state index contributed by atoms with van der Waals surface area (Å²) in [5.41, 5.74) is 8.69. The highest BCUT2D eigenvalue weighted by Crippen LogP contribution is 2.35. The van der Waals surface area contributed by atoms with E-state index in [-0.39, 0.29) is 16.1 Å². The molecule has 0 saturated carbocycles. The van der Waals surface area contributed by atoms with Crippen molar-refractivity contribution in [3.8, 4) is 11.5 Å². The minimum atomic E-state index is -0.567. The number of nitrogen functional groups attached to an aromatic ring is 1. The maximum absolute atomic E-state index is 14.3. The van der Waals surface area contributed by atoms with Gasteiger partial charge in [-0.05, 0) is 65.5 Å². The Hall–Kier alpha value is -1.88. The second-order valence-electron chi connectivity index (χ2n) is 4.91. The van der Waals surface area contributed by atoms with Gasteiger partial charge in [0.05, 0.1) is 4.47 Å². The molecule has 0 spiro atoms. The van der Waals surface area contributed by atoms with Crippen LogP contribution >= 0.6 is 15.9 Å². The lowest BCUT2D eigenvalue weighted by Gasteiger charge is -2.15. The third-order valence-corrected chi connectivity index (χ3v) is 4.20. The second-order valence-corrected chi connectivity index (χ2v) is 5.70. The van der Waals surface area contributed by atoms with Crippen LogP contribution < -0.4 is 10.5 Å². The average molecular weight is 351 g/mol. The van der Waals surface area contributed by atoms with E-state index < -0.39 is 5.82 Å². The highest BCUT2D eigenvalue weighted by molar-refractivity contribution is 9.10. The Morgan fingerprint density at radius 3 is 2.38 bits per heavy atom. The van der Waals surface area contributed by atoms with Crippen LogP contribution in [-0.2, 0) is 0 Å². The molecule has 0 unspecified atom stereocenters. The fraction of sp³-hybridized carbons (Fsp3) is 0.188. The molecule has 0 bridgehead atoms. The number of nitrogens with two attached hydrogens (primary N) is 1. The van der Waals surface area contributed by atoms with Crippen molar-refractivity contribution in [2.75, 3.05) is 0 Å².